The van der Waals surface area contributed by atoms with Gasteiger partial charge in [-0.15, -0.1) is 0 Å². The van der Waals surface area contributed by atoms with Crippen LogP contribution in [0.1, 0.15) is 32.4 Å². The maximum absolute atomic E-state index is 10.0. The molecule has 2 saturated heterocycles. The van der Waals surface area contributed by atoms with E-state index in [-0.39, 0.29) is 5.90 Å². The van der Waals surface area contributed by atoms with Gasteiger partial charge in [0.25, 0.3) is 0 Å². The highest BCUT2D eigenvalue weighted by molar-refractivity contribution is 5.90. The Morgan fingerprint density at radius 3 is 2.08 bits per heavy atom. The monoisotopic (exact) mass is 320 g/mol. The predicted molar refractivity (Wildman–Crippen MR) is 83.0 cm³/mol. The highest BCUT2D eigenvalue weighted by Gasteiger charge is 2.83. The van der Waals surface area contributed by atoms with Crippen LogP contribution in [0.25, 0.3) is 0 Å². The molecule has 6 nitrogen and oxygen atoms in total. The first-order valence-electron chi connectivity index (χ1n) is 7.51. The SMILES string of the molecule is CC12OC(=N)C(C#N)(C(C#N)(C#N)C(c3ccccc3)O1)C2(C)C. The summed E-state index contributed by atoms with van der Waals surface area (Å²) in [5.41, 5.74) is -4.11. The molecular weight excluding hydrogens is 304 g/mol. The lowest BCUT2D eigenvalue weighted by atomic mass is 9.48. The van der Waals surface area contributed by atoms with Crippen molar-refractivity contribution in [2.24, 2.45) is 16.2 Å². The Morgan fingerprint density at radius 1 is 1.00 bits per heavy atom. The molecule has 120 valence electrons. The summed E-state index contributed by atoms with van der Waals surface area (Å²) in [7, 11) is 0. The van der Waals surface area contributed by atoms with Crippen molar-refractivity contribution in [3.63, 3.8) is 0 Å². The standard InChI is InChI=1S/C18H16N4O2/c1-15(2)16(3)23-13(12-7-5-4-6-8-12)17(9-19,10-20)18(15,11-21)14(22)24-16/h4-8,13,22H,1-3H3. The van der Waals surface area contributed by atoms with Gasteiger partial charge in [-0.1, -0.05) is 44.2 Å². The quantitative estimate of drug-likeness (QED) is 0.854. The van der Waals surface area contributed by atoms with E-state index in [1.807, 2.05) is 18.2 Å². The number of hydrogen-bond acceptors (Lipinski definition) is 6. The summed E-state index contributed by atoms with van der Waals surface area (Å²) in [6.07, 6.45) is -1.01. The van der Waals surface area contributed by atoms with Crippen LogP contribution in [-0.4, -0.2) is 11.7 Å². The Kier molecular flexibility index (Phi) is 3.05. The first kappa shape index (κ1) is 16.0. The third kappa shape index (κ3) is 1.39. The molecule has 1 N–H and O–H groups in total. The molecule has 0 radical (unpaired) electrons. The van der Waals surface area contributed by atoms with Gasteiger partial charge in [0.05, 0.1) is 23.6 Å². The van der Waals surface area contributed by atoms with Crippen molar-refractivity contribution >= 4 is 5.90 Å². The van der Waals surface area contributed by atoms with Crippen molar-refractivity contribution in [3.05, 3.63) is 35.9 Å². The van der Waals surface area contributed by atoms with Crippen molar-refractivity contribution in [2.75, 3.05) is 0 Å². The smallest absolute Gasteiger partial charge is 0.217 e. The molecule has 2 fully saturated rings. The van der Waals surface area contributed by atoms with Crippen molar-refractivity contribution in [1.29, 1.82) is 21.2 Å². The van der Waals surface area contributed by atoms with Gasteiger partial charge in [0.15, 0.2) is 5.41 Å². The number of nitrogens with one attached hydrogen (secondary N) is 1. The molecular formula is C18H16N4O2. The molecule has 0 saturated carbocycles. The van der Waals surface area contributed by atoms with Crippen molar-refractivity contribution in [3.8, 4) is 18.2 Å². The van der Waals surface area contributed by atoms with Crippen LogP contribution in [0.4, 0.5) is 0 Å². The van der Waals surface area contributed by atoms with Gasteiger partial charge >= 0.3 is 0 Å². The van der Waals surface area contributed by atoms with Crippen LogP contribution >= 0.6 is 0 Å². The molecule has 2 aliphatic heterocycles. The summed E-state index contributed by atoms with van der Waals surface area (Å²) in [5.74, 6) is -1.68. The fourth-order valence-electron chi connectivity index (χ4n) is 3.91. The third-order valence-corrected chi connectivity index (χ3v) is 5.66. The van der Waals surface area contributed by atoms with Gasteiger partial charge in [-0.2, -0.15) is 15.8 Å². The molecule has 3 atom stereocenters. The summed E-state index contributed by atoms with van der Waals surface area (Å²) in [4.78, 5) is 0. The van der Waals surface area contributed by atoms with E-state index in [9.17, 15) is 15.8 Å². The number of hydrogen-bond donors (Lipinski definition) is 1. The lowest BCUT2D eigenvalue weighted by Gasteiger charge is -2.53. The molecule has 6 heteroatoms. The van der Waals surface area contributed by atoms with E-state index in [2.05, 4.69) is 6.07 Å². The Bertz CT molecular complexity index is 829. The molecule has 0 amide bonds. The van der Waals surface area contributed by atoms with E-state index < -0.39 is 28.1 Å². The molecule has 24 heavy (non-hydrogen) atoms. The molecule has 0 aliphatic carbocycles. The van der Waals surface area contributed by atoms with Crippen LogP contribution in [0.5, 0.6) is 0 Å². The number of benzene rings is 1. The van der Waals surface area contributed by atoms with Crippen LogP contribution in [-0.2, 0) is 9.47 Å². The van der Waals surface area contributed by atoms with Gasteiger partial charge in [0, 0.05) is 6.92 Å². The second kappa shape index (κ2) is 4.57. The molecule has 1 aromatic rings. The van der Waals surface area contributed by atoms with E-state index >= 15 is 0 Å². The number of nitriles is 3. The van der Waals surface area contributed by atoms with Gasteiger partial charge in [0.2, 0.25) is 17.1 Å². The number of nitrogens with zero attached hydrogens (tertiary/aromatic N) is 3. The van der Waals surface area contributed by atoms with Gasteiger partial charge in [0.1, 0.15) is 6.10 Å². The average molecular weight is 320 g/mol. The largest absolute Gasteiger partial charge is 0.447 e. The molecule has 3 unspecified atom stereocenters. The Balaban J connectivity index is 2.39. The zero-order valence-corrected chi connectivity index (χ0v) is 13.6. The van der Waals surface area contributed by atoms with Crippen molar-refractivity contribution < 1.29 is 9.47 Å². The molecule has 0 spiro atoms. The van der Waals surface area contributed by atoms with E-state index in [1.165, 1.54) is 0 Å². The Morgan fingerprint density at radius 2 is 1.58 bits per heavy atom. The molecule has 2 heterocycles. The first-order valence-corrected chi connectivity index (χ1v) is 7.51. The second-order valence-corrected chi connectivity index (χ2v) is 6.80. The zero-order valence-electron chi connectivity index (χ0n) is 13.6. The van der Waals surface area contributed by atoms with E-state index in [1.54, 1.807) is 45.0 Å². The molecule has 3 rings (SSSR count). The van der Waals surface area contributed by atoms with Gasteiger partial charge in [-0.25, -0.2) is 0 Å². The highest BCUT2D eigenvalue weighted by atomic mass is 16.7. The van der Waals surface area contributed by atoms with Crippen LogP contribution in [0, 0.1) is 55.6 Å². The fraction of sp³-hybridized carbons (Fsp3) is 0.444. The van der Waals surface area contributed by atoms with Crippen LogP contribution in [0.15, 0.2) is 30.3 Å². The van der Waals surface area contributed by atoms with Crippen molar-refractivity contribution in [1.82, 2.24) is 0 Å². The Hall–Kier alpha value is -2.88. The number of fused-ring (bicyclic) bond motifs is 2. The van der Waals surface area contributed by atoms with Gasteiger partial charge in [-0.05, 0) is 5.56 Å². The average Bonchev–Trinajstić information content (AvgIpc) is 2.67. The predicted octanol–water partition coefficient (Wildman–Crippen LogP) is 3.05. The number of ether oxygens (including phenoxy) is 2. The summed E-state index contributed by atoms with van der Waals surface area (Å²) in [6.45, 7) is 5.04. The number of rotatable bonds is 1. The lowest BCUT2D eigenvalue weighted by molar-refractivity contribution is -0.302. The zero-order chi connectivity index (χ0) is 17.8. The van der Waals surface area contributed by atoms with Gasteiger partial charge in [-0.3, -0.25) is 5.41 Å². The third-order valence-electron chi connectivity index (χ3n) is 5.66. The second-order valence-electron chi connectivity index (χ2n) is 6.80. The lowest BCUT2D eigenvalue weighted by Crippen LogP contribution is -2.63. The molecule has 2 bridgehead atoms. The minimum Gasteiger partial charge on any atom is -0.447 e. The Labute approximate surface area is 140 Å². The fourth-order valence-corrected chi connectivity index (χ4v) is 3.91. The van der Waals surface area contributed by atoms with Crippen LogP contribution < -0.4 is 0 Å². The minimum absolute atomic E-state index is 0.390. The summed E-state index contributed by atoms with van der Waals surface area (Å²) in [5, 5.41) is 38.3. The molecule has 0 aromatic heterocycles. The summed E-state index contributed by atoms with van der Waals surface area (Å²) in [6, 6.07) is 14.9. The van der Waals surface area contributed by atoms with E-state index in [4.69, 9.17) is 14.9 Å². The van der Waals surface area contributed by atoms with E-state index in [0.717, 1.165) is 0 Å². The molecule has 2 aliphatic rings. The topological polar surface area (TPSA) is 114 Å². The van der Waals surface area contributed by atoms with Crippen LogP contribution in [0.2, 0.25) is 0 Å². The van der Waals surface area contributed by atoms with Gasteiger partial charge < -0.3 is 9.47 Å². The van der Waals surface area contributed by atoms with Crippen LogP contribution in [0.3, 0.4) is 0 Å². The summed E-state index contributed by atoms with van der Waals surface area (Å²) >= 11 is 0. The van der Waals surface area contributed by atoms with E-state index in [0.29, 0.717) is 5.56 Å². The highest BCUT2D eigenvalue weighted by Crippen LogP contribution is 2.71. The first-order chi connectivity index (χ1) is 11.3. The normalized spacial score (nSPS) is 35.2. The maximum atomic E-state index is 10.0. The van der Waals surface area contributed by atoms with Crippen molar-refractivity contribution in [2.45, 2.75) is 32.7 Å². The summed E-state index contributed by atoms with van der Waals surface area (Å²) < 4.78 is 11.7. The maximum Gasteiger partial charge on any atom is 0.217 e. The minimum atomic E-state index is -1.90. The molecule has 1 aromatic carbocycles.